The molecule has 1 N–H and O–H groups in total. The third-order valence-corrected chi connectivity index (χ3v) is 2.79. The van der Waals surface area contributed by atoms with Gasteiger partial charge in [0.25, 0.3) is 0 Å². The zero-order valence-electron chi connectivity index (χ0n) is 9.62. The van der Waals surface area contributed by atoms with Crippen LogP contribution in [0, 0.1) is 24.4 Å². The van der Waals surface area contributed by atoms with Crippen LogP contribution in [0.1, 0.15) is 22.8 Å². The van der Waals surface area contributed by atoms with Gasteiger partial charge in [0.15, 0.2) is 11.6 Å². The molecule has 2 aromatic carbocycles. The number of hydrogen-bond acceptors (Lipinski definition) is 1. The van der Waals surface area contributed by atoms with Gasteiger partial charge in [0.1, 0.15) is 11.9 Å². The van der Waals surface area contributed by atoms with E-state index < -0.39 is 23.6 Å². The SMILES string of the molecule is Cc1ccc(C(O)c2cccc(F)c2F)cc1F. The molecule has 0 heterocycles. The predicted octanol–water partition coefficient (Wildman–Crippen LogP) is 3.49. The Morgan fingerprint density at radius 1 is 1.00 bits per heavy atom. The lowest BCUT2D eigenvalue weighted by molar-refractivity contribution is 0.213. The number of benzene rings is 2. The van der Waals surface area contributed by atoms with E-state index >= 15 is 0 Å². The summed E-state index contributed by atoms with van der Waals surface area (Å²) in [5.41, 5.74) is 0.395. The first-order chi connectivity index (χ1) is 8.50. The highest BCUT2D eigenvalue weighted by Crippen LogP contribution is 2.26. The maximum absolute atomic E-state index is 13.5. The van der Waals surface area contributed by atoms with Crippen molar-refractivity contribution in [1.82, 2.24) is 0 Å². The maximum Gasteiger partial charge on any atom is 0.164 e. The molecule has 2 aromatic rings. The van der Waals surface area contributed by atoms with Gasteiger partial charge in [-0.15, -0.1) is 0 Å². The average Bonchev–Trinajstić information content (AvgIpc) is 2.35. The molecule has 18 heavy (non-hydrogen) atoms. The fourth-order valence-corrected chi connectivity index (χ4v) is 1.69. The largest absolute Gasteiger partial charge is 0.384 e. The summed E-state index contributed by atoms with van der Waals surface area (Å²) >= 11 is 0. The summed E-state index contributed by atoms with van der Waals surface area (Å²) in [6.45, 7) is 1.58. The maximum atomic E-state index is 13.5. The van der Waals surface area contributed by atoms with Gasteiger partial charge >= 0.3 is 0 Å². The third kappa shape index (κ3) is 2.24. The highest BCUT2D eigenvalue weighted by atomic mass is 19.2. The molecule has 0 aromatic heterocycles. The number of aliphatic hydroxyl groups excluding tert-OH is 1. The van der Waals surface area contributed by atoms with Gasteiger partial charge in [-0.25, -0.2) is 13.2 Å². The van der Waals surface area contributed by atoms with Crippen molar-refractivity contribution in [3.63, 3.8) is 0 Å². The smallest absolute Gasteiger partial charge is 0.164 e. The third-order valence-electron chi connectivity index (χ3n) is 2.79. The van der Waals surface area contributed by atoms with E-state index in [2.05, 4.69) is 0 Å². The van der Waals surface area contributed by atoms with Crippen LogP contribution in [0.4, 0.5) is 13.2 Å². The van der Waals surface area contributed by atoms with E-state index in [9.17, 15) is 18.3 Å². The van der Waals surface area contributed by atoms with E-state index in [0.29, 0.717) is 5.56 Å². The molecule has 0 spiro atoms. The summed E-state index contributed by atoms with van der Waals surface area (Å²) in [4.78, 5) is 0. The quantitative estimate of drug-likeness (QED) is 0.867. The lowest BCUT2D eigenvalue weighted by atomic mass is 9.99. The lowest BCUT2D eigenvalue weighted by Gasteiger charge is -2.13. The Bertz CT molecular complexity index is 581. The molecule has 1 nitrogen and oxygen atoms in total. The Kier molecular flexibility index (Phi) is 3.39. The van der Waals surface area contributed by atoms with Gasteiger partial charge < -0.3 is 5.11 Å². The van der Waals surface area contributed by atoms with Gasteiger partial charge in [-0.3, -0.25) is 0 Å². The van der Waals surface area contributed by atoms with Crippen molar-refractivity contribution in [2.24, 2.45) is 0 Å². The molecule has 0 saturated carbocycles. The zero-order valence-corrected chi connectivity index (χ0v) is 9.62. The second kappa shape index (κ2) is 4.82. The molecule has 0 aliphatic carbocycles. The predicted molar refractivity (Wildman–Crippen MR) is 61.6 cm³/mol. The molecular weight excluding hydrogens is 241 g/mol. The minimum absolute atomic E-state index is 0.183. The summed E-state index contributed by atoms with van der Waals surface area (Å²) < 4.78 is 39.9. The van der Waals surface area contributed by atoms with Crippen molar-refractivity contribution in [2.75, 3.05) is 0 Å². The first kappa shape index (κ1) is 12.6. The van der Waals surface area contributed by atoms with Crippen LogP contribution in [0.15, 0.2) is 36.4 Å². The molecule has 1 unspecified atom stereocenters. The van der Waals surface area contributed by atoms with Crippen molar-refractivity contribution in [1.29, 1.82) is 0 Å². The van der Waals surface area contributed by atoms with Gasteiger partial charge in [0.05, 0.1) is 0 Å². The minimum Gasteiger partial charge on any atom is -0.384 e. The van der Waals surface area contributed by atoms with Crippen LogP contribution >= 0.6 is 0 Å². The van der Waals surface area contributed by atoms with Crippen molar-refractivity contribution in [3.8, 4) is 0 Å². The van der Waals surface area contributed by atoms with Crippen LogP contribution < -0.4 is 0 Å². The Balaban J connectivity index is 2.44. The summed E-state index contributed by atoms with van der Waals surface area (Å²) in [7, 11) is 0. The van der Waals surface area contributed by atoms with Gasteiger partial charge in [-0.05, 0) is 30.2 Å². The molecular formula is C14H11F3O. The van der Waals surface area contributed by atoms with Gasteiger partial charge in [0.2, 0.25) is 0 Å². The Labute approximate surface area is 103 Å². The van der Waals surface area contributed by atoms with Crippen LogP contribution in [0.25, 0.3) is 0 Å². The first-order valence-electron chi connectivity index (χ1n) is 5.38. The molecule has 0 radical (unpaired) electrons. The van der Waals surface area contributed by atoms with E-state index in [0.717, 1.165) is 12.1 Å². The van der Waals surface area contributed by atoms with Crippen LogP contribution in [-0.4, -0.2) is 5.11 Å². The molecule has 94 valence electrons. The zero-order chi connectivity index (χ0) is 13.3. The molecule has 2 rings (SSSR count). The first-order valence-corrected chi connectivity index (χ1v) is 5.38. The lowest BCUT2D eigenvalue weighted by Crippen LogP contribution is -2.04. The van der Waals surface area contributed by atoms with Crippen LogP contribution in [0.5, 0.6) is 0 Å². The monoisotopic (exact) mass is 252 g/mol. The van der Waals surface area contributed by atoms with E-state index in [1.54, 1.807) is 6.92 Å². The Morgan fingerprint density at radius 3 is 2.39 bits per heavy atom. The standard InChI is InChI=1S/C14H11F3O/c1-8-5-6-9(7-12(8)16)14(18)10-3-2-4-11(15)13(10)17/h2-7,14,18H,1H3. The molecule has 0 amide bonds. The van der Waals surface area contributed by atoms with Gasteiger partial charge in [-0.2, -0.15) is 0 Å². The van der Waals surface area contributed by atoms with Crippen LogP contribution in [-0.2, 0) is 0 Å². The van der Waals surface area contributed by atoms with E-state index in [1.165, 1.54) is 24.3 Å². The molecule has 4 heteroatoms. The number of aliphatic hydroxyl groups is 1. The van der Waals surface area contributed by atoms with Crippen molar-refractivity contribution in [2.45, 2.75) is 13.0 Å². The number of hydrogen-bond donors (Lipinski definition) is 1. The van der Waals surface area contributed by atoms with E-state index in [-0.39, 0.29) is 11.1 Å². The minimum atomic E-state index is -1.39. The Hall–Kier alpha value is -1.81. The summed E-state index contributed by atoms with van der Waals surface area (Å²) in [5, 5.41) is 9.94. The number of rotatable bonds is 2. The number of halogens is 3. The van der Waals surface area contributed by atoms with Crippen molar-refractivity contribution >= 4 is 0 Å². The summed E-state index contributed by atoms with van der Waals surface area (Å²) in [6, 6.07) is 7.59. The van der Waals surface area contributed by atoms with Gasteiger partial charge in [-0.1, -0.05) is 24.3 Å². The number of aryl methyl sites for hydroxylation is 1. The molecule has 1 atom stereocenters. The second-order valence-corrected chi connectivity index (χ2v) is 4.05. The topological polar surface area (TPSA) is 20.2 Å². The van der Waals surface area contributed by atoms with E-state index in [4.69, 9.17) is 0 Å². The van der Waals surface area contributed by atoms with Crippen LogP contribution in [0.3, 0.4) is 0 Å². The van der Waals surface area contributed by atoms with Crippen molar-refractivity contribution < 1.29 is 18.3 Å². The van der Waals surface area contributed by atoms with E-state index in [1.807, 2.05) is 0 Å². The highest BCUT2D eigenvalue weighted by molar-refractivity contribution is 5.33. The fourth-order valence-electron chi connectivity index (χ4n) is 1.69. The molecule has 0 aliphatic rings. The Morgan fingerprint density at radius 2 is 1.72 bits per heavy atom. The molecule has 0 saturated heterocycles. The highest BCUT2D eigenvalue weighted by Gasteiger charge is 2.18. The van der Waals surface area contributed by atoms with Crippen molar-refractivity contribution in [3.05, 3.63) is 70.5 Å². The molecule has 0 fully saturated rings. The second-order valence-electron chi connectivity index (χ2n) is 4.05. The molecule has 0 aliphatic heterocycles. The average molecular weight is 252 g/mol. The summed E-state index contributed by atoms with van der Waals surface area (Å²) in [6.07, 6.45) is -1.39. The normalized spacial score (nSPS) is 12.5. The molecule has 0 bridgehead atoms. The fraction of sp³-hybridized carbons (Fsp3) is 0.143. The summed E-state index contributed by atoms with van der Waals surface area (Å²) in [5.74, 6) is -2.66. The van der Waals surface area contributed by atoms with Crippen LogP contribution in [0.2, 0.25) is 0 Å². The van der Waals surface area contributed by atoms with Gasteiger partial charge in [0, 0.05) is 5.56 Å².